The van der Waals surface area contributed by atoms with Crippen LogP contribution in [0, 0.1) is 0 Å². The van der Waals surface area contributed by atoms with Gasteiger partial charge in [0, 0.05) is 22.9 Å². The quantitative estimate of drug-likeness (QED) is 0.795. The van der Waals surface area contributed by atoms with Gasteiger partial charge in [-0.2, -0.15) is 0 Å². The lowest BCUT2D eigenvalue weighted by Gasteiger charge is -2.07. The first-order valence-corrected chi connectivity index (χ1v) is 5.46. The molecule has 0 saturated heterocycles. The zero-order chi connectivity index (χ0) is 11.4. The van der Waals surface area contributed by atoms with Crippen LogP contribution < -0.4 is 11.1 Å². The van der Waals surface area contributed by atoms with Crippen LogP contribution in [0.15, 0.2) is 48.5 Å². The fourth-order valence-electron chi connectivity index (χ4n) is 1.51. The lowest BCUT2D eigenvalue weighted by Crippen LogP contribution is -1.99. The largest absolute Gasteiger partial charge is 0.399 e. The van der Waals surface area contributed by atoms with Crippen LogP contribution in [-0.4, -0.2) is 0 Å². The lowest BCUT2D eigenvalue weighted by molar-refractivity contribution is 1.15. The molecular formula is C13H13ClN2. The molecule has 0 amide bonds. The van der Waals surface area contributed by atoms with Gasteiger partial charge in [-0.1, -0.05) is 29.8 Å². The van der Waals surface area contributed by atoms with Gasteiger partial charge in [-0.05, 0) is 35.9 Å². The molecule has 2 rings (SSSR count). The fraction of sp³-hybridized carbons (Fsp3) is 0.0769. The number of hydrogen-bond donors (Lipinski definition) is 2. The minimum Gasteiger partial charge on any atom is -0.399 e. The van der Waals surface area contributed by atoms with Crippen LogP contribution in [0.1, 0.15) is 5.56 Å². The van der Waals surface area contributed by atoms with Gasteiger partial charge in [0.2, 0.25) is 0 Å². The molecule has 0 spiro atoms. The molecular weight excluding hydrogens is 220 g/mol. The van der Waals surface area contributed by atoms with Crippen LogP contribution in [0.3, 0.4) is 0 Å². The molecule has 3 heteroatoms. The van der Waals surface area contributed by atoms with Crippen LogP contribution in [0.4, 0.5) is 11.4 Å². The van der Waals surface area contributed by atoms with Crippen LogP contribution in [-0.2, 0) is 6.54 Å². The predicted octanol–water partition coefficient (Wildman–Crippen LogP) is 3.53. The highest BCUT2D eigenvalue weighted by atomic mass is 35.5. The molecule has 2 aromatic rings. The summed E-state index contributed by atoms with van der Waals surface area (Å²) >= 11 is 5.89. The highest BCUT2D eigenvalue weighted by Crippen LogP contribution is 2.16. The maximum absolute atomic E-state index is 5.89. The summed E-state index contributed by atoms with van der Waals surface area (Å²) in [4.78, 5) is 0. The van der Waals surface area contributed by atoms with Crippen molar-refractivity contribution in [3.63, 3.8) is 0 Å². The number of benzene rings is 2. The van der Waals surface area contributed by atoms with Gasteiger partial charge in [-0.25, -0.2) is 0 Å². The van der Waals surface area contributed by atoms with Crippen molar-refractivity contribution in [1.82, 2.24) is 0 Å². The average Bonchev–Trinajstić information content (AvgIpc) is 2.27. The standard InChI is InChI=1S/C13H13ClN2/c14-11-4-2-6-13(8-11)16-9-10-3-1-5-12(15)7-10/h1-8,16H,9,15H2. The number of hydrogen-bond acceptors (Lipinski definition) is 2. The Morgan fingerprint density at radius 3 is 2.62 bits per heavy atom. The van der Waals surface area contributed by atoms with Crippen LogP contribution >= 0.6 is 11.6 Å². The van der Waals surface area contributed by atoms with Crippen molar-refractivity contribution < 1.29 is 0 Å². The summed E-state index contributed by atoms with van der Waals surface area (Å²) in [5, 5.41) is 4.02. The summed E-state index contributed by atoms with van der Waals surface area (Å²) < 4.78 is 0. The predicted molar refractivity (Wildman–Crippen MR) is 69.6 cm³/mol. The summed E-state index contributed by atoms with van der Waals surface area (Å²) in [6.07, 6.45) is 0. The minimum atomic E-state index is 0.734. The van der Waals surface area contributed by atoms with Crippen molar-refractivity contribution in [2.75, 3.05) is 11.1 Å². The maximum atomic E-state index is 5.89. The van der Waals surface area contributed by atoms with Gasteiger partial charge in [0.05, 0.1) is 0 Å². The van der Waals surface area contributed by atoms with Crippen molar-refractivity contribution in [2.45, 2.75) is 6.54 Å². The topological polar surface area (TPSA) is 38.0 Å². The lowest BCUT2D eigenvalue weighted by atomic mass is 10.2. The Morgan fingerprint density at radius 2 is 1.88 bits per heavy atom. The number of halogens is 1. The molecule has 0 unspecified atom stereocenters. The normalized spacial score (nSPS) is 10.1. The maximum Gasteiger partial charge on any atom is 0.0426 e. The third-order valence-corrected chi connectivity index (χ3v) is 2.51. The number of nitrogen functional groups attached to an aromatic ring is 1. The first kappa shape index (κ1) is 10.8. The fourth-order valence-corrected chi connectivity index (χ4v) is 1.70. The summed E-state index contributed by atoms with van der Waals surface area (Å²) in [7, 11) is 0. The number of rotatable bonds is 3. The van der Waals surface area contributed by atoms with Crippen LogP contribution in [0.2, 0.25) is 5.02 Å². The summed E-state index contributed by atoms with van der Waals surface area (Å²) in [6, 6.07) is 15.5. The zero-order valence-corrected chi connectivity index (χ0v) is 9.54. The van der Waals surface area contributed by atoms with Gasteiger partial charge >= 0.3 is 0 Å². The second kappa shape index (κ2) is 4.90. The molecule has 0 aliphatic heterocycles. The summed E-state index contributed by atoms with van der Waals surface area (Å²) in [5.74, 6) is 0. The molecule has 0 aliphatic rings. The van der Waals surface area contributed by atoms with E-state index in [0.29, 0.717) is 0 Å². The van der Waals surface area contributed by atoms with Gasteiger partial charge < -0.3 is 11.1 Å². The van der Waals surface area contributed by atoms with Crippen molar-refractivity contribution in [3.8, 4) is 0 Å². The Labute approximate surface area is 100 Å². The summed E-state index contributed by atoms with van der Waals surface area (Å²) in [5.41, 5.74) is 8.65. The van der Waals surface area contributed by atoms with E-state index in [9.17, 15) is 0 Å². The average molecular weight is 233 g/mol. The SMILES string of the molecule is Nc1cccc(CNc2cccc(Cl)c2)c1. The highest BCUT2D eigenvalue weighted by molar-refractivity contribution is 6.30. The molecule has 0 radical (unpaired) electrons. The van der Waals surface area contributed by atoms with Crippen molar-refractivity contribution >= 4 is 23.0 Å². The molecule has 3 N–H and O–H groups in total. The highest BCUT2D eigenvalue weighted by Gasteiger charge is 1.95. The molecule has 16 heavy (non-hydrogen) atoms. The molecule has 0 saturated carbocycles. The second-order valence-electron chi connectivity index (χ2n) is 3.61. The van der Waals surface area contributed by atoms with E-state index in [1.807, 2.05) is 48.5 Å². The third kappa shape index (κ3) is 2.91. The monoisotopic (exact) mass is 232 g/mol. The van der Waals surface area contributed by atoms with E-state index in [2.05, 4.69) is 5.32 Å². The Kier molecular flexibility index (Phi) is 3.32. The number of nitrogens with two attached hydrogens (primary N) is 1. The van der Waals surface area contributed by atoms with E-state index < -0.39 is 0 Å². The van der Waals surface area contributed by atoms with E-state index in [4.69, 9.17) is 17.3 Å². The van der Waals surface area contributed by atoms with Crippen molar-refractivity contribution in [3.05, 3.63) is 59.1 Å². The van der Waals surface area contributed by atoms with Gasteiger partial charge in [0.25, 0.3) is 0 Å². The van der Waals surface area contributed by atoms with Crippen molar-refractivity contribution in [2.24, 2.45) is 0 Å². The first-order chi connectivity index (χ1) is 7.74. The van der Waals surface area contributed by atoms with E-state index in [1.54, 1.807) is 0 Å². The minimum absolute atomic E-state index is 0.734. The first-order valence-electron chi connectivity index (χ1n) is 5.08. The van der Waals surface area contributed by atoms with Gasteiger partial charge in [0.15, 0.2) is 0 Å². The van der Waals surface area contributed by atoms with Crippen molar-refractivity contribution in [1.29, 1.82) is 0 Å². The van der Waals surface area contributed by atoms with Gasteiger partial charge in [-0.3, -0.25) is 0 Å². The van der Waals surface area contributed by atoms with Crippen LogP contribution in [0.5, 0.6) is 0 Å². The Balaban J connectivity index is 2.02. The Hall–Kier alpha value is -1.67. The summed E-state index contributed by atoms with van der Waals surface area (Å²) in [6.45, 7) is 0.741. The second-order valence-corrected chi connectivity index (χ2v) is 4.05. The molecule has 0 bridgehead atoms. The Morgan fingerprint density at radius 1 is 1.06 bits per heavy atom. The number of anilines is 2. The third-order valence-electron chi connectivity index (χ3n) is 2.27. The van der Waals surface area contributed by atoms with E-state index in [0.717, 1.165) is 28.5 Å². The van der Waals surface area contributed by atoms with E-state index >= 15 is 0 Å². The molecule has 2 aromatic carbocycles. The smallest absolute Gasteiger partial charge is 0.0426 e. The van der Waals surface area contributed by atoms with E-state index in [-0.39, 0.29) is 0 Å². The number of nitrogens with one attached hydrogen (secondary N) is 1. The van der Waals surface area contributed by atoms with Gasteiger partial charge in [0.1, 0.15) is 0 Å². The molecule has 82 valence electrons. The zero-order valence-electron chi connectivity index (χ0n) is 8.78. The molecule has 2 nitrogen and oxygen atoms in total. The van der Waals surface area contributed by atoms with Crippen LogP contribution in [0.25, 0.3) is 0 Å². The molecule has 0 fully saturated rings. The van der Waals surface area contributed by atoms with Gasteiger partial charge in [-0.15, -0.1) is 0 Å². The molecule has 0 aromatic heterocycles. The molecule has 0 heterocycles. The molecule has 0 atom stereocenters. The Bertz CT molecular complexity index is 437. The van der Waals surface area contributed by atoms with E-state index in [1.165, 1.54) is 0 Å². The molecule has 0 aliphatic carbocycles.